The Morgan fingerprint density at radius 1 is 1.09 bits per heavy atom. The van der Waals surface area contributed by atoms with Gasteiger partial charge in [0.2, 0.25) is 5.91 Å². The van der Waals surface area contributed by atoms with Crippen LogP contribution >= 0.6 is 11.8 Å². The smallest absolute Gasteiger partial charge is 0.233 e. The van der Waals surface area contributed by atoms with E-state index in [2.05, 4.69) is 44.6 Å². The van der Waals surface area contributed by atoms with Crippen molar-refractivity contribution < 1.29 is 4.79 Å². The van der Waals surface area contributed by atoms with Gasteiger partial charge in [0, 0.05) is 63.4 Å². The molecule has 0 radical (unpaired) electrons. The molecule has 0 unspecified atom stereocenters. The number of piperidine rings is 1. The van der Waals surface area contributed by atoms with Crippen LogP contribution in [0.1, 0.15) is 24.1 Å². The first-order valence-electron chi connectivity index (χ1n) is 11.2. The third-order valence-corrected chi connectivity index (χ3v) is 7.17. The van der Waals surface area contributed by atoms with E-state index in [-0.39, 0.29) is 5.91 Å². The number of nitrogens with zero attached hydrogens (tertiary/aromatic N) is 5. The number of hydrogen-bond acceptors (Lipinski definition) is 5. The molecule has 1 fully saturated rings. The number of para-hydroxylation sites is 1. The molecular weight excluding hydrogens is 418 g/mol. The molecule has 2 aromatic heterocycles. The molecule has 0 saturated carbocycles. The molecule has 6 nitrogen and oxygen atoms in total. The highest BCUT2D eigenvalue weighted by Crippen LogP contribution is 2.24. The zero-order valence-corrected chi connectivity index (χ0v) is 19.7. The first kappa shape index (κ1) is 22.6. The standard InChI is InChI=1S/C25H31N5OS/c1-20-7-3-4-9-23(20)30-18-14-27-25(30)32-19-24(31)28(2)22-11-16-29(17-12-22)15-10-21-8-5-6-13-26-21/h3-9,13-14,18,22H,10-12,15-17,19H2,1-2H3. The van der Waals surface area contributed by atoms with Crippen molar-refractivity contribution in [2.45, 2.75) is 37.4 Å². The van der Waals surface area contributed by atoms with Crippen LogP contribution in [0.25, 0.3) is 5.69 Å². The first-order chi connectivity index (χ1) is 15.6. The van der Waals surface area contributed by atoms with Gasteiger partial charge in [0.15, 0.2) is 5.16 Å². The summed E-state index contributed by atoms with van der Waals surface area (Å²) in [5.74, 6) is 0.570. The molecule has 1 aromatic carbocycles. The molecule has 168 valence electrons. The summed E-state index contributed by atoms with van der Waals surface area (Å²) < 4.78 is 2.06. The minimum absolute atomic E-state index is 0.168. The van der Waals surface area contributed by atoms with Gasteiger partial charge < -0.3 is 9.80 Å². The van der Waals surface area contributed by atoms with Crippen LogP contribution < -0.4 is 0 Å². The van der Waals surface area contributed by atoms with Crippen LogP contribution in [0.4, 0.5) is 0 Å². The molecule has 0 atom stereocenters. The molecule has 1 aliphatic rings. The number of aryl methyl sites for hydroxylation is 1. The van der Waals surface area contributed by atoms with Crippen LogP contribution in [0.3, 0.4) is 0 Å². The maximum Gasteiger partial charge on any atom is 0.233 e. The number of likely N-dealkylation sites (tertiary alicyclic amines) is 1. The fourth-order valence-electron chi connectivity index (χ4n) is 4.19. The summed E-state index contributed by atoms with van der Waals surface area (Å²) in [5.41, 5.74) is 3.43. The van der Waals surface area contributed by atoms with Gasteiger partial charge >= 0.3 is 0 Å². The van der Waals surface area contributed by atoms with Crippen LogP contribution in [0, 0.1) is 6.92 Å². The van der Waals surface area contributed by atoms with Crippen molar-refractivity contribution in [2.24, 2.45) is 0 Å². The topological polar surface area (TPSA) is 54.3 Å². The van der Waals surface area contributed by atoms with Gasteiger partial charge in [0.25, 0.3) is 0 Å². The molecule has 3 aromatic rings. The number of imidazole rings is 1. The van der Waals surface area contributed by atoms with Crippen molar-refractivity contribution in [2.75, 3.05) is 32.4 Å². The second kappa shape index (κ2) is 10.8. The van der Waals surface area contributed by atoms with E-state index in [0.717, 1.165) is 55.4 Å². The molecule has 7 heteroatoms. The second-order valence-electron chi connectivity index (χ2n) is 8.30. The van der Waals surface area contributed by atoms with Crippen LogP contribution in [0.5, 0.6) is 0 Å². The quantitative estimate of drug-likeness (QED) is 0.489. The zero-order valence-electron chi connectivity index (χ0n) is 18.9. The van der Waals surface area contributed by atoms with Crippen LogP contribution in [0.2, 0.25) is 0 Å². The highest BCUT2D eigenvalue weighted by atomic mass is 32.2. The number of pyridine rings is 1. The summed E-state index contributed by atoms with van der Waals surface area (Å²) in [6.45, 7) is 5.17. The molecule has 1 amide bonds. The highest BCUT2D eigenvalue weighted by Gasteiger charge is 2.25. The molecule has 1 aliphatic heterocycles. The number of thioether (sulfide) groups is 1. The lowest BCUT2D eigenvalue weighted by Crippen LogP contribution is -2.46. The van der Waals surface area contributed by atoms with E-state index in [1.165, 1.54) is 17.3 Å². The van der Waals surface area contributed by atoms with Gasteiger partial charge in [-0.15, -0.1) is 0 Å². The SMILES string of the molecule is Cc1ccccc1-n1ccnc1SCC(=O)N(C)C1CCN(CCc2ccccn2)CC1. The van der Waals surface area contributed by atoms with Crippen molar-refractivity contribution in [3.05, 3.63) is 72.3 Å². The predicted molar refractivity (Wildman–Crippen MR) is 129 cm³/mol. The van der Waals surface area contributed by atoms with Crippen molar-refractivity contribution in [1.82, 2.24) is 24.3 Å². The van der Waals surface area contributed by atoms with Gasteiger partial charge in [-0.05, 0) is 43.5 Å². The lowest BCUT2D eigenvalue weighted by Gasteiger charge is -2.36. The third kappa shape index (κ3) is 5.58. The van der Waals surface area contributed by atoms with Crippen molar-refractivity contribution in [1.29, 1.82) is 0 Å². The number of carbonyl (C=O) groups is 1. The van der Waals surface area contributed by atoms with Gasteiger partial charge in [0.1, 0.15) is 0 Å². The predicted octanol–water partition coefficient (Wildman–Crippen LogP) is 3.83. The van der Waals surface area contributed by atoms with Gasteiger partial charge in [-0.1, -0.05) is 36.0 Å². The average Bonchev–Trinajstić information content (AvgIpc) is 3.30. The van der Waals surface area contributed by atoms with E-state index in [9.17, 15) is 4.79 Å². The number of rotatable bonds is 8. The van der Waals surface area contributed by atoms with E-state index >= 15 is 0 Å². The largest absolute Gasteiger partial charge is 0.342 e. The molecular formula is C25H31N5OS. The fraction of sp³-hybridized carbons (Fsp3) is 0.400. The van der Waals surface area contributed by atoms with Gasteiger partial charge in [0.05, 0.1) is 11.4 Å². The lowest BCUT2D eigenvalue weighted by atomic mass is 10.0. The Labute approximate surface area is 194 Å². The normalized spacial score (nSPS) is 15.1. The molecule has 32 heavy (non-hydrogen) atoms. The molecule has 0 N–H and O–H groups in total. The third-order valence-electron chi connectivity index (χ3n) is 6.22. The van der Waals surface area contributed by atoms with E-state index in [0.29, 0.717) is 11.8 Å². The minimum atomic E-state index is 0.168. The highest BCUT2D eigenvalue weighted by molar-refractivity contribution is 7.99. The van der Waals surface area contributed by atoms with Crippen molar-refractivity contribution in [3.8, 4) is 5.69 Å². The number of hydrogen-bond donors (Lipinski definition) is 0. The van der Waals surface area contributed by atoms with Gasteiger partial charge in [-0.2, -0.15) is 0 Å². The Kier molecular flexibility index (Phi) is 7.60. The van der Waals surface area contributed by atoms with E-state index in [1.54, 1.807) is 6.20 Å². The number of benzene rings is 1. The monoisotopic (exact) mass is 449 g/mol. The lowest BCUT2D eigenvalue weighted by molar-refractivity contribution is -0.129. The zero-order chi connectivity index (χ0) is 22.3. The Bertz CT molecular complexity index is 1010. The van der Waals surface area contributed by atoms with Crippen LogP contribution in [-0.4, -0.2) is 68.7 Å². The Balaban J connectivity index is 1.25. The molecule has 3 heterocycles. The van der Waals surface area contributed by atoms with E-state index in [4.69, 9.17) is 0 Å². The van der Waals surface area contributed by atoms with Gasteiger partial charge in [-0.3, -0.25) is 14.3 Å². The Morgan fingerprint density at radius 2 is 1.88 bits per heavy atom. The summed E-state index contributed by atoms with van der Waals surface area (Å²) in [6, 6.07) is 14.6. The molecule has 4 rings (SSSR count). The molecule has 0 aliphatic carbocycles. The summed E-state index contributed by atoms with van der Waals surface area (Å²) >= 11 is 1.51. The van der Waals surface area contributed by atoms with E-state index < -0.39 is 0 Å². The number of carbonyl (C=O) groups excluding carboxylic acids is 1. The number of amides is 1. The summed E-state index contributed by atoms with van der Waals surface area (Å²) in [6.07, 6.45) is 8.63. The average molecular weight is 450 g/mol. The molecule has 1 saturated heterocycles. The maximum atomic E-state index is 12.9. The maximum absolute atomic E-state index is 12.9. The van der Waals surface area contributed by atoms with Crippen LogP contribution in [-0.2, 0) is 11.2 Å². The van der Waals surface area contributed by atoms with Gasteiger partial charge in [-0.25, -0.2) is 4.98 Å². The number of aromatic nitrogens is 3. The first-order valence-corrected chi connectivity index (χ1v) is 12.2. The second-order valence-corrected chi connectivity index (χ2v) is 9.25. The Morgan fingerprint density at radius 3 is 2.62 bits per heavy atom. The van der Waals surface area contributed by atoms with E-state index in [1.807, 2.05) is 48.6 Å². The summed E-state index contributed by atoms with van der Waals surface area (Å²) in [4.78, 5) is 26.2. The van der Waals surface area contributed by atoms with Crippen molar-refractivity contribution >= 4 is 17.7 Å². The summed E-state index contributed by atoms with van der Waals surface area (Å²) in [7, 11) is 1.95. The van der Waals surface area contributed by atoms with Crippen LogP contribution in [0.15, 0.2) is 66.2 Å². The summed E-state index contributed by atoms with van der Waals surface area (Å²) in [5, 5.41) is 0.852. The molecule has 0 spiro atoms. The Hall–Kier alpha value is -2.64. The molecule has 0 bridgehead atoms. The minimum Gasteiger partial charge on any atom is -0.342 e. The fourth-order valence-corrected chi connectivity index (χ4v) is 5.08. The van der Waals surface area contributed by atoms with Crippen molar-refractivity contribution in [3.63, 3.8) is 0 Å².